The van der Waals surface area contributed by atoms with Crippen LogP contribution in [0, 0.1) is 0 Å². The average Bonchev–Trinajstić information content (AvgIpc) is 3.23. The molecule has 1 aliphatic heterocycles. The van der Waals surface area contributed by atoms with Gasteiger partial charge in [-0.2, -0.15) is 5.10 Å². The molecule has 2 aromatic rings. The van der Waals surface area contributed by atoms with Gasteiger partial charge in [0.25, 0.3) is 0 Å². The third-order valence-electron chi connectivity index (χ3n) is 4.04. The van der Waals surface area contributed by atoms with Gasteiger partial charge in [-0.3, -0.25) is 9.58 Å². The number of nitrogens with zero attached hydrogens (tertiary/aromatic N) is 3. The van der Waals surface area contributed by atoms with E-state index in [1.165, 1.54) is 6.42 Å². The topological polar surface area (TPSA) is 63.7 Å². The Labute approximate surface area is 130 Å². The lowest BCUT2D eigenvalue weighted by molar-refractivity contribution is 0.00213. The summed E-state index contributed by atoms with van der Waals surface area (Å²) in [4.78, 5) is 2.34. The minimum atomic E-state index is -0.479. The Balaban J connectivity index is 1.40. The minimum Gasteiger partial charge on any atom is -0.467 e. The van der Waals surface area contributed by atoms with Crippen molar-refractivity contribution < 1.29 is 14.3 Å². The molecule has 0 aromatic carbocycles. The molecule has 6 heteroatoms. The summed E-state index contributed by atoms with van der Waals surface area (Å²) in [5.74, 6) is 0.782. The lowest BCUT2D eigenvalue weighted by Crippen LogP contribution is -2.40. The SMILES string of the molecule is O[C@@H](COCc1ccco1)CN1CCC[C@H]1Cn1cccn1. The van der Waals surface area contributed by atoms with Crippen LogP contribution in [-0.2, 0) is 17.9 Å². The summed E-state index contributed by atoms with van der Waals surface area (Å²) in [6.07, 6.45) is 7.26. The molecular weight excluding hydrogens is 282 g/mol. The first kappa shape index (κ1) is 15.3. The van der Waals surface area contributed by atoms with Crippen LogP contribution in [0.4, 0.5) is 0 Å². The maximum absolute atomic E-state index is 10.2. The Kier molecular flexibility index (Phi) is 5.26. The highest BCUT2D eigenvalue weighted by atomic mass is 16.5. The lowest BCUT2D eigenvalue weighted by atomic mass is 10.2. The number of aromatic nitrogens is 2. The summed E-state index contributed by atoms with van der Waals surface area (Å²) in [5, 5.41) is 14.4. The van der Waals surface area contributed by atoms with Crippen LogP contribution in [0.25, 0.3) is 0 Å². The van der Waals surface area contributed by atoms with E-state index < -0.39 is 6.10 Å². The molecule has 6 nitrogen and oxygen atoms in total. The first-order valence-corrected chi connectivity index (χ1v) is 7.81. The van der Waals surface area contributed by atoms with Gasteiger partial charge in [0.15, 0.2) is 0 Å². The van der Waals surface area contributed by atoms with Crippen molar-refractivity contribution in [3.8, 4) is 0 Å². The molecule has 0 saturated carbocycles. The van der Waals surface area contributed by atoms with Gasteiger partial charge in [-0.1, -0.05) is 0 Å². The second kappa shape index (κ2) is 7.58. The third kappa shape index (κ3) is 4.19. The molecule has 1 saturated heterocycles. The Hall–Kier alpha value is -1.63. The van der Waals surface area contributed by atoms with E-state index in [-0.39, 0.29) is 0 Å². The van der Waals surface area contributed by atoms with Crippen LogP contribution in [-0.4, -0.2) is 51.6 Å². The molecule has 22 heavy (non-hydrogen) atoms. The van der Waals surface area contributed by atoms with Crippen molar-refractivity contribution in [1.29, 1.82) is 0 Å². The molecule has 120 valence electrons. The fourth-order valence-corrected chi connectivity index (χ4v) is 2.98. The van der Waals surface area contributed by atoms with Crippen LogP contribution in [0.15, 0.2) is 41.3 Å². The molecule has 2 atom stereocenters. The number of rotatable bonds is 8. The number of aliphatic hydroxyl groups excluding tert-OH is 1. The fourth-order valence-electron chi connectivity index (χ4n) is 2.98. The van der Waals surface area contributed by atoms with Gasteiger partial charge in [-0.05, 0) is 37.6 Å². The number of aliphatic hydroxyl groups is 1. The number of hydrogen-bond donors (Lipinski definition) is 1. The standard InChI is InChI=1S/C16H23N3O3/c20-15(12-21-13-16-5-2-9-22-16)11-18-7-1-4-14(18)10-19-8-3-6-17-19/h2-3,5-6,8-9,14-15,20H,1,4,7,10-13H2/t14-,15+/m0/s1. The molecule has 0 amide bonds. The normalized spacial score (nSPS) is 20.5. The predicted molar refractivity (Wildman–Crippen MR) is 81.2 cm³/mol. The van der Waals surface area contributed by atoms with E-state index in [2.05, 4.69) is 10.00 Å². The Morgan fingerprint density at radius 3 is 3.18 bits per heavy atom. The third-order valence-corrected chi connectivity index (χ3v) is 4.04. The highest BCUT2D eigenvalue weighted by Crippen LogP contribution is 2.19. The minimum absolute atomic E-state index is 0.325. The van der Waals surface area contributed by atoms with Crippen LogP contribution < -0.4 is 0 Å². The van der Waals surface area contributed by atoms with Crippen LogP contribution in [0.1, 0.15) is 18.6 Å². The molecule has 3 heterocycles. The van der Waals surface area contributed by atoms with E-state index >= 15 is 0 Å². The molecular formula is C16H23N3O3. The van der Waals surface area contributed by atoms with Gasteiger partial charge in [0.2, 0.25) is 0 Å². The van der Waals surface area contributed by atoms with Crippen LogP contribution in [0.2, 0.25) is 0 Å². The summed E-state index contributed by atoms with van der Waals surface area (Å²) in [6.45, 7) is 3.28. The van der Waals surface area contributed by atoms with Crippen molar-refractivity contribution in [2.24, 2.45) is 0 Å². The van der Waals surface area contributed by atoms with E-state index in [9.17, 15) is 5.11 Å². The molecule has 0 radical (unpaired) electrons. The smallest absolute Gasteiger partial charge is 0.129 e. The highest BCUT2D eigenvalue weighted by molar-refractivity contribution is 4.96. The summed E-state index contributed by atoms with van der Waals surface area (Å²) in [7, 11) is 0. The number of ether oxygens (including phenoxy) is 1. The van der Waals surface area contributed by atoms with Crippen molar-refractivity contribution in [1.82, 2.24) is 14.7 Å². The predicted octanol–water partition coefficient (Wildman–Crippen LogP) is 1.52. The van der Waals surface area contributed by atoms with Crippen molar-refractivity contribution in [2.75, 3.05) is 19.7 Å². The zero-order valence-corrected chi connectivity index (χ0v) is 12.7. The Bertz CT molecular complexity index is 527. The van der Waals surface area contributed by atoms with Crippen molar-refractivity contribution in [3.63, 3.8) is 0 Å². The molecule has 1 fully saturated rings. The van der Waals surface area contributed by atoms with Gasteiger partial charge in [0.05, 0.1) is 25.5 Å². The summed E-state index contributed by atoms with van der Waals surface area (Å²) in [5.41, 5.74) is 0. The quantitative estimate of drug-likeness (QED) is 0.801. The zero-order chi connectivity index (χ0) is 15.2. The zero-order valence-electron chi connectivity index (χ0n) is 12.7. The molecule has 0 unspecified atom stereocenters. The van der Waals surface area contributed by atoms with E-state index in [4.69, 9.17) is 9.15 Å². The Morgan fingerprint density at radius 2 is 2.41 bits per heavy atom. The fraction of sp³-hybridized carbons (Fsp3) is 0.562. The maximum atomic E-state index is 10.2. The van der Waals surface area contributed by atoms with Crippen LogP contribution in [0.5, 0.6) is 0 Å². The van der Waals surface area contributed by atoms with Crippen molar-refractivity contribution in [2.45, 2.75) is 38.1 Å². The van der Waals surface area contributed by atoms with Crippen molar-refractivity contribution in [3.05, 3.63) is 42.6 Å². The molecule has 3 rings (SSSR count). The monoisotopic (exact) mass is 305 g/mol. The van der Waals surface area contributed by atoms with Crippen LogP contribution >= 0.6 is 0 Å². The van der Waals surface area contributed by atoms with Gasteiger partial charge in [-0.25, -0.2) is 0 Å². The van der Waals surface area contributed by atoms with Crippen LogP contribution in [0.3, 0.4) is 0 Å². The Morgan fingerprint density at radius 1 is 1.45 bits per heavy atom. The van der Waals surface area contributed by atoms with Gasteiger partial charge in [-0.15, -0.1) is 0 Å². The molecule has 0 aliphatic carbocycles. The summed E-state index contributed by atoms with van der Waals surface area (Å²) < 4.78 is 12.7. The first-order valence-electron chi connectivity index (χ1n) is 7.81. The number of likely N-dealkylation sites (tertiary alicyclic amines) is 1. The summed E-state index contributed by atoms with van der Waals surface area (Å²) in [6, 6.07) is 6.09. The van der Waals surface area contributed by atoms with E-state index in [0.717, 1.165) is 25.3 Å². The summed E-state index contributed by atoms with van der Waals surface area (Å²) >= 11 is 0. The number of β-amino-alcohol motifs (C(OH)–C–C–N with tert-alkyl or cyclic N) is 1. The van der Waals surface area contributed by atoms with Crippen molar-refractivity contribution >= 4 is 0 Å². The van der Waals surface area contributed by atoms with Gasteiger partial charge >= 0.3 is 0 Å². The average molecular weight is 305 g/mol. The van der Waals surface area contributed by atoms with Gasteiger partial charge < -0.3 is 14.3 Å². The lowest BCUT2D eigenvalue weighted by Gasteiger charge is -2.26. The number of hydrogen-bond acceptors (Lipinski definition) is 5. The molecule has 0 bridgehead atoms. The molecule has 0 spiro atoms. The second-order valence-corrected chi connectivity index (χ2v) is 5.77. The van der Waals surface area contributed by atoms with E-state index in [1.54, 1.807) is 12.5 Å². The largest absolute Gasteiger partial charge is 0.467 e. The highest BCUT2D eigenvalue weighted by Gasteiger charge is 2.26. The van der Waals surface area contributed by atoms with E-state index in [0.29, 0.717) is 25.8 Å². The molecule has 1 N–H and O–H groups in total. The van der Waals surface area contributed by atoms with E-state index in [1.807, 2.05) is 29.1 Å². The van der Waals surface area contributed by atoms with Gasteiger partial charge in [0.1, 0.15) is 12.4 Å². The maximum Gasteiger partial charge on any atom is 0.129 e. The first-order chi connectivity index (χ1) is 10.8. The number of furan rings is 1. The molecule has 1 aliphatic rings. The molecule has 2 aromatic heterocycles. The van der Waals surface area contributed by atoms with Gasteiger partial charge in [0, 0.05) is 25.0 Å². The second-order valence-electron chi connectivity index (χ2n) is 5.77.